The van der Waals surface area contributed by atoms with Crippen molar-refractivity contribution in [1.82, 2.24) is 14.5 Å². The van der Waals surface area contributed by atoms with Gasteiger partial charge in [0.2, 0.25) is 5.91 Å². The van der Waals surface area contributed by atoms with Gasteiger partial charge in [0.15, 0.2) is 5.16 Å². The summed E-state index contributed by atoms with van der Waals surface area (Å²) in [6.45, 7) is 5.44. The number of likely N-dealkylation sites (tertiary alicyclic amines) is 1. The molecular formula is C22H22ClN3O2S. The number of hydrogen-bond acceptors (Lipinski definition) is 4. The zero-order valence-electron chi connectivity index (χ0n) is 16.4. The van der Waals surface area contributed by atoms with Crippen LogP contribution in [0, 0.1) is 6.92 Å². The fraction of sp³-hybridized carbons (Fsp3) is 0.318. The first kappa shape index (κ1) is 20.0. The minimum Gasteiger partial charge on any atom is -0.342 e. The maximum atomic E-state index is 13.4. The average molecular weight is 428 g/mol. The van der Waals surface area contributed by atoms with Crippen LogP contribution in [0.1, 0.15) is 25.3 Å². The summed E-state index contributed by atoms with van der Waals surface area (Å²) < 4.78 is 1.62. The summed E-state index contributed by atoms with van der Waals surface area (Å²) >= 11 is 7.45. The van der Waals surface area contributed by atoms with Crippen molar-refractivity contribution in [1.29, 1.82) is 0 Å². The summed E-state index contributed by atoms with van der Waals surface area (Å²) in [5, 5.41) is 1.18. The molecule has 1 atom stereocenters. The van der Waals surface area contributed by atoms with Crippen LogP contribution in [-0.4, -0.2) is 38.7 Å². The van der Waals surface area contributed by atoms with Gasteiger partial charge >= 0.3 is 0 Å². The smallest absolute Gasteiger partial charge is 0.266 e. The van der Waals surface area contributed by atoms with Gasteiger partial charge in [-0.05, 0) is 56.5 Å². The van der Waals surface area contributed by atoms with Crippen LogP contribution in [0.2, 0.25) is 5.02 Å². The van der Waals surface area contributed by atoms with Crippen molar-refractivity contribution < 1.29 is 4.79 Å². The Morgan fingerprint density at radius 3 is 2.62 bits per heavy atom. The van der Waals surface area contributed by atoms with Crippen LogP contribution < -0.4 is 5.56 Å². The first-order valence-electron chi connectivity index (χ1n) is 9.69. The molecule has 1 aromatic heterocycles. The number of amides is 1. The van der Waals surface area contributed by atoms with E-state index in [2.05, 4.69) is 0 Å². The lowest BCUT2D eigenvalue weighted by Crippen LogP contribution is -2.34. The standard InChI is InChI=1S/C22H22ClN3O2S/c1-14-7-3-4-8-19(14)26-21(28)17-10-9-16(23)13-18(17)24-22(26)29-15(2)20(27)25-11-5-6-12-25/h3-4,7-10,13,15H,5-6,11-12H2,1-2H3. The number of rotatable bonds is 4. The van der Waals surface area contributed by atoms with Crippen LogP contribution in [0.5, 0.6) is 0 Å². The summed E-state index contributed by atoms with van der Waals surface area (Å²) in [5.41, 5.74) is 2.11. The molecule has 2 aromatic carbocycles. The summed E-state index contributed by atoms with van der Waals surface area (Å²) in [4.78, 5) is 32.9. The van der Waals surface area contributed by atoms with Crippen molar-refractivity contribution in [2.75, 3.05) is 13.1 Å². The van der Waals surface area contributed by atoms with E-state index in [0.29, 0.717) is 21.1 Å². The maximum absolute atomic E-state index is 13.4. The van der Waals surface area contributed by atoms with Gasteiger partial charge in [0.05, 0.1) is 21.8 Å². The van der Waals surface area contributed by atoms with E-state index in [-0.39, 0.29) is 16.7 Å². The third-order valence-corrected chi connectivity index (χ3v) is 6.48. The number of thioether (sulfide) groups is 1. The molecule has 4 rings (SSSR count). The highest BCUT2D eigenvalue weighted by molar-refractivity contribution is 8.00. The predicted octanol–water partition coefficient (Wildman–Crippen LogP) is 4.45. The molecule has 0 bridgehead atoms. The largest absolute Gasteiger partial charge is 0.342 e. The number of halogens is 1. The minimum atomic E-state index is -0.341. The first-order valence-corrected chi connectivity index (χ1v) is 11.0. The molecular weight excluding hydrogens is 406 g/mol. The fourth-order valence-corrected chi connectivity index (χ4v) is 4.82. The summed E-state index contributed by atoms with van der Waals surface area (Å²) in [6, 6.07) is 12.8. The Balaban J connectivity index is 1.84. The predicted molar refractivity (Wildman–Crippen MR) is 118 cm³/mol. The van der Waals surface area contributed by atoms with Gasteiger partial charge in [-0.25, -0.2) is 4.98 Å². The monoisotopic (exact) mass is 427 g/mol. The molecule has 1 amide bonds. The van der Waals surface area contributed by atoms with Gasteiger partial charge in [-0.3, -0.25) is 14.2 Å². The highest BCUT2D eigenvalue weighted by atomic mass is 35.5. The molecule has 3 aromatic rings. The van der Waals surface area contributed by atoms with E-state index in [9.17, 15) is 9.59 Å². The molecule has 0 radical (unpaired) electrons. The SMILES string of the molecule is Cc1ccccc1-n1c(SC(C)C(=O)N2CCCC2)nc2cc(Cl)ccc2c1=O. The molecule has 0 aliphatic carbocycles. The average Bonchev–Trinajstić information content (AvgIpc) is 3.23. The van der Waals surface area contributed by atoms with Gasteiger partial charge in [0.1, 0.15) is 0 Å². The summed E-state index contributed by atoms with van der Waals surface area (Å²) in [5.74, 6) is 0.0873. The lowest BCUT2D eigenvalue weighted by atomic mass is 10.2. The molecule has 1 unspecified atom stereocenters. The Kier molecular flexibility index (Phi) is 5.65. The molecule has 1 aliphatic rings. The Morgan fingerprint density at radius 1 is 1.17 bits per heavy atom. The molecule has 29 heavy (non-hydrogen) atoms. The third kappa shape index (κ3) is 3.91. The molecule has 1 saturated heterocycles. The number of para-hydroxylation sites is 1. The molecule has 1 fully saturated rings. The van der Waals surface area contributed by atoms with Crippen LogP contribution in [0.25, 0.3) is 16.6 Å². The maximum Gasteiger partial charge on any atom is 0.266 e. The van der Waals surface area contributed by atoms with Crippen molar-refractivity contribution in [2.45, 2.75) is 37.1 Å². The van der Waals surface area contributed by atoms with E-state index in [1.165, 1.54) is 11.8 Å². The van der Waals surface area contributed by atoms with E-state index in [4.69, 9.17) is 16.6 Å². The lowest BCUT2D eigenvalue weighted by Gasteiger charge is -2.21. The number of fused-ring (bicyclic) bond motifs is 1. The summed E-state index contributed by atoms with van der Waals surface area (Å²) in [6.07, 6.45) is 2.09. The van der Waals surface area contributed by atoms with Crippen molar-refractivity contribution in [3.05, 3.63) is 63.4 Å². The number of benzene rings is 2. The van der Waals surface area contributed by atoms with Gasteiger partial charge in [0, 0.05) is 18.1 Å². The van der Waals surface area contributed by atoms with E-state index < -0.39 is 0 Å². The number of hydrogen-bond donors (Lipinski definition) is 0. The molecule has 150 valence electrons. The van der Waals surface area contributed by atoms with Crippen molar-refractivity contribution in [3.63, 3.8) is 0 Å². The second kappa shape index (κ2) is 8.20. The molecule has 5 nitrogen and oxygen atoms in total. The van der Waals surface area contributed by atoms with Gasteiger partial charge in [-0.2, -0.15) is 0 Å². The number of carbonyl (C=O) groups excluding carboxylic acids is 1. The number of nitrogens with zero attached hydrogens (tertiary/aromatic N) is 3. The molecule has 1 aliphatic heterocycles. The van der Waals surface area contributed by atoms with Gasteiger partial charge in [-0.1, -0.05) is 41.6 Å². The van der Waals surface area contributed by atoms with Crippen LogP contribution >= 0.6 is 23.4 Å². The number of aryl methyl sites for hydroxylation is 1. The van der Waals surface area contributed by atoms with Crippen LogP contribution in [0.4, 0.5) is 0 Å². The van der Waals surface area contributed by atoms with Crippen molar-refractivity contribution >= 4 is 40.2 Å². The van der Waals surface area contributed by atoms with Gasteiger partial charge in [0.25, 0.3) is 5.56 Å². The van der Waals surface area contributed by atoms with E-state index in [1.54, 1.807) is 22.8 Å². The van der Waals surface area contributed by atoms with Crippen molar-refractivity contribution in [3.8, 4) is 5.69 Å². The van der Waals surface area contributed by atoms with E-state index in [0.717, 1.165) is 37.2 Å². The van der Waals surface area contributed by atoms with E-state index in [1.807, 2.05) is 43.0 Å². The Bertz CT molecular complexity index is 1140. The van der Waals surface area contributed by atoms with Crippen LogP contribution in [-0.2, 0) is 4.79 Å². The second-order valence-corrected chi connectivity index (χ2v) is 9.02. The third-order valence-electron chi connectivity index (χ3n) is 5.20. The molecule has 7 heteroatoms. The number of carbonyl (C=O) groups is 1. The second-order valence-electron chi connectivity index (χ2n) is 7.28. The minimum absolute atomic E-state index is 0.0873. The molecule has 0 saturated carbocycles. The first-order chi connectivity index (χ1) is 14.0. The Labute approximate surface area is 178 Å². The van der Waals surface area contributed by atoms with Gasteiger partial charge < -0.3 is 4.90 Å². The fourth-order valence-electron chi connectivity index (χ4n) is 3.65. The van der Waals surface area contributed by atoms with E-state index >= 15 is 0 Å². The zero-order chi connectivity index (χ0) is 20.5. The molecule has 2 heterocycles. The summed E-state index contributed by atoms with van der Waals surface area (Å²) in [7, 11) is 0. The highest BCUT2D eigenvalue weighted by Crippen LogP contribution is 2.28. The topological polar surface area (TPSA) is 55.2 Å². The van der Waals surface area contributed by atoms with Crippen molar-refractivity contribution in [2.24, 2.45) is 0 Å². The van der Waals surface area contributed by atoms with Gasteiger partial charge in [-0.15, -0.1) is 0 Å². The van der Waals surface area contributed by atoms with Crippen LogP contribution in [0.15, 0.2) is 52.4 Å². The number of aromatic nitrogens is 2. The quantitative estimate of drug-likeness (QED) is 0.456. The Hall–Kier alpha value is -2.31. The highest BCUT2D eigenvalue weighted by Gasteiger charge is 2.26. The normalized spacial score (nSPS) is 15.1. The Morgan fingerprint density at radius 2 is 1.90 bits per heavy atom. The lowest BCUT2D eigenvalue weighted by molar-refractivity contribution is -0.129. The molecule has 0 N–H and O–H groups in total. The molecule has 0 spiro atoms. The van der Waals surface area contributed by atoms with Crippen LogP contribution in [0.3, 0.4) is 0 Å². The zero-order valence-corrected chi connectivity index (χ0v) is 18.0.